The number of carbonyl (C=O) groups excluding carboxylic acids is 1. The number of carbonyl (C=O) groups is 1. The molecule has 3 N–H and O–H groups in total. The van der Waals surface area contributed by atoms with Crippen molar-refractivity contribution in [1.82, 2.24) is 15.4 Å². The van der Waals surface area contributed by atoms with Gasteiger partial charge in [0, 0.05) is 44.6 Å². The molecule has 1 aromatic heterocycles. The minimum atomic E-state index is -0.226. The van der Waals surface area contributed by atoms with Gasteiger partial charge in [-0.2, -0.15) is 0 Å². The molecular weight excluding hydrogens is 412 g/mol. The van der Waals surface area contributed by atoms with Crippen molar-refractivity contribution < 1.29 is 4.79 Å². The minimum Gasteiger partial charge on any atom is -0.403 e. The molecule has 0 bridgehead atoms. The quantitative estimate of drug-likeness (QED) is 0.271. The summed E-state index contributed by atoms with van der Waals surface area (Å²) in [5.74, 6) is -0.226. The zero-order chi connectivity index (χ0) is 22.8. The number of aliphatic imine (C=N–C) groups is 2. The van der Waals surface area contributed by atoms with Crippen molar-refractivity contribution in [2.24, 2.45) is 15.7 Å². The number of fused-ring (bicyclic) bond motifs is 1. The highest BCUT2D eigenvalue weighted by atomic mass is 35.5. The van der Waals surface area contributed by atoms with Crippen molar-refractivity contribution in [2.45, 2.75) is 13.3 Å². The fourth-order valence-corrected chi connectivity index (χ4v) is 3.15. The molecule has 1 amide bonds. The number of likely N-dealkylation sites (N-methyl/N-ethyl adjacent to an activating group) is 1. The second-order valence-electron chi connectivity index (χ2n) is 6.51. The maximum atomic E-state index is 12.8. The Bertz CT molecular complexity index is 1070. The molecule has 1 heterocycles. The summed E-state index contributed by atoms with van der Waals surface area (Å²) >= 11 is 6.23. The molecule has 162 valence electrons. The van der Waals surface area contributed by atoms with Gasteiger partial charge in [0.1, 0.15) is 0 Å². The molecule has 0 aliphatic rings. The second-order valence-corrected chi connectivity index (χ2v) is 6.92. The average molecular weight is 439 g/mol. The SMILES string of the molecule is C=N/C=C(\C(=O)N(CC)NC)c1ccc2cc(CC(=C/C=N\C)/C(Cl)=C/N)ccc2n1. The van der Waals surface area contributed by atoms with Gasteiger partial charge in [-0.1, -0.05) is 23.7 Å². The number of halogens is 1. The molecule has 8 heteroatoms. The Morgan fingerprint density at radius 2 is 2.13 bits per heavy atom. The molecule has 2 aromatic rings. The molecule has 1 aromatic carbocycles. The topological polar surface area (TPSA) is 96.0 Å². The Balaban J connectivity index is 2.41. The van der Waals surface area contributed by atoms with Crippen LogP contribution in [0.2, 0.25) is 0 Å². The number of allylic oxidation sites excluding steroid dienone is 3. The van der Waals surface area contributed by atoms with E-state index in [1.807, 2.05) is 37.3 Å². The van der Waals surface area contributed by atoms with Gasteiger partial charge in [-0.25, -0.2) is 10.4 Å². The van der Waals surface area contributed by atoms with Crippen LogP contribution in [0.1, 0.15) is 18.2 Å². The third-order valence-electron chi connectivity index (χ3n) is 4.58. The number of amides is 1. The molecular formula is C23H27ClN6O. The number of hydrogen-bond acceptors (Lipinski definition) is 6. The Labute approximate surface area is 187 Å². The number of nitrogens with two attached hydrogens (primary N) is 1. The van der Waals surface area contributed by atoms with E-state index in [0.717, 1.165) is 22.0 Å². The molecule has 0 unspecified atom stereocenters. The molecule has 0 atom stereocenters. The van der Waals surface area contributed by atoms with E-state index in [4.69, 9.17) is 17.3 Å². The van der Waals surface area contributed by atoms with E-state index in [0.29, 0.717) is 29.3 Å². The number of hydrazine groups is 1. The van der Waals surface area contributed by atoms with E-state index in [2.05, 4.69) is 27.1 Å². The molecule has 0 fully saturated rings. The highest BCUT2D eigenvalue weighted by Gasteiger charge is 2.19. The first-order chi connectivity index (χ1) is 15.0. The highest BCUT2D eigenvalue weighted by molar-refractivity contribution is 6.32. The summed E-state index contributed by atoms with van der Waals surface area (Å²) < 4.78 is 0. The van der Waals surface area contributed by atoms with Crippen LogP contribution in [-0.2, 0) is 11.2 Å². The van der Waals surface area contributed by atoms with Crippen LogP contribution < -0.4 is 11.2 Å². The normalized spacial score (nSPS) is 13.1. The summed E-state index contributed by atoms with van der Waals surface area (Å²) in [7, 11) is 3.38. The fraction of sp³-hybridized carbons (Fsp3) is 0.217. The zero-order valence-electron chi connectivity index (χ0n) is 18.0. The van der Waals surface area contributed by atoms with Crippen LogP contribution in [0, 0.1) is 0 Å². The monoisotopic (exact) mass is 438 g/mol. The second kappa shape index (κ2) is 11.8. The summed E-state index contributed by atoms with van der Waals surface area (Å²) in [5.41, 5.74) is 12.0. The predicted molar refractivity (Wildman–Crippen MR) is 130 cm³/mol. The maximum absolute atomic E-state index is 12.8. The summed E-state index contributed by atoms with van der Waals surface area (Å²) in [5, 5.41) is 2.90. The van der Waals surface area contributed by atoms with Gasteiger partial charge in [-0.3, -0.25) is 19.8 Å². The number of nitrogens with zero attached hydrogens (tertiary/aromatic N) is 4. The summed E-state index contributed by atoms with van der Waals surface area (Å²) in [6, 6.07) is 9.65. The number of pyridine rings is 1. The van der Waals surface area contributed by atoms with E-state index in [1.54, 1.807) is 26.4 Å². The van der Waals surface area contributed by atoms with E-state index >= 15 is 0 Å². The van der Waals surface area contributed by atoms with Gasteiger partial charge in [-0.15, -0.1) is 0 Å². The van der Waals surface area contributed by atoms with Crippen LogP contribution in [0.15, 0.2) is 69.4 Å². The van der Waals surface area contributed by atoms with Crippen molar-refractivity contribution in [3.05, 3.63) is 70.7 Å². The van der Waals surface area contributed by atoms with Crippen LogP contribution in [0.5, 0.6) is 0 Å². The number of nitrogens with one attached hydrogen (secondary N) is 1. The molecule has 0 aliphatic heterocycles. The van der Waals surface area contributed by atoms with Gasteiger partial charge in [0.05, 0.1) is 21.8 Å². The van der Waals surface area contributed by atoms with Gasteiger partial charge in [0.25, 0.3) is 5.91 Å². The zero-order valence-corrected chi connectivity index (χ0v) is 18.7. The standard InChI is InChI=1S/C23H27ClN6O/c1-5-30(28-4)23(31)19(15-27-3)22-9-7-18-13-16(6-8-21(18)29-22)12-17(10-11-26-2)20(24)14-25/h6-11,13-15,28H,3,5,12,25H2,1-2,4H3/b17-10-,19-15-,20-14-,26-11-. The van der Waals surface area contributed by atoms with Gasteiger partial charge >= 0.3 is 0 Å². The molecule has 7 nitrogen and oxygen atoms in total. The van der Waals surface area contributed by atoms with Crippen molar-refractivity contribution in [1.29, 1.82) is 0 Å². The van der Waals surface area contributed by atoms with E-state index in [9.17, 15) is 4.79 Å². The molecule has 0 saturated carbocycles. The summed E-state index contributed by atoms with van der Waals surface area (Å²) in [4.78, 5) is 25.2. The van der Waals surface area contributed by atoms with Crippen LogP contribution in [-0.4, -0.2) is 49.5 Å². The van der Waals surface area contributed by atoms with Crippen molar-refractivity contribution in [2.75, 3.05) is 20.6 Å². The molecule has 0 saturated heterocycles. The van der Waals surface area contributed by atoms with Gasteiger partial charge in [-0.05, 0) is 55.5 Å². The van der Waals surface area contributed by atoms with Gasteiger partial charge < -0.3 is 5.73 Å². The third kappa shape index (κ3) is 6.10. The smallest absolute Gasteiger partial charge is 0.271 e. The fourth-order valence-electron chi connectivity index (χ4n) is 3.02. The molecule has 0 aliphatic carbocycles. The third-order valence-corrected chi connectivity index (χ3v) is 4.95. The Morgan fingerprint density at radius 1 is 1.35 bits per heavy atom. The lowest BCUT2D eigenvalue weighted by molar-refractivity contribution is -0.127. The first-order valence-corrected chi connectivity index (χ1v) is 10.1. The van der Waals surface area contributed by atoms with Gasteiger partial charge in [0.15, 0.2) is 0 Å². The van der Waals surface area contributed by atoms with Crippen LogP contribution in [0.25, 0.3) is 16.5 Å². The van der Waals surface area contributed by atoms with Crippen molar-refractivity contribution >= 4 is 46.9 Å². The number of benzene rings is 1. The largest absolute Gasteiger partial charge is 0.403 e. The van der Waals surface area contributed by atoms with E-state index in [1.165, 1.54) is 17.4 Å². The molecule has 2 rings (SSSR count). The Morgan fingerprint density at radius 3 is 2.74 bits per heavy atom. The molecule has 0 spiro atoms. The molecule has 31 heavy (non-hydrogen) atoms. The van der Waals surface area contributed by atoms with Crippen LogP contribution in [0.4, 0.5) is 0 Å². The van der Waals surface area contributed by atoms with Crippen molar-refractivity contribution in [3.63, 3.8) is 0 Å². The predicted octanol–water partition coefficient (Wildman–Crippen LogP) is 3.47. The summed E-state index contributed by atoms with van der Waals surface area (Å²) in [6.07, 6.45) is 6.91. The highest BCUT2D eigenvalue weighted by Crippen LogP contribution is 2.24. The lowest BCUT2D eigenvalue weighted by atomic mass is 10.0. The minimum absolute atomic E-state index is 0.226. The van der Waals surface area contributed by atoms with Crippen LogP contribution >= 0.6 is 11.6 Å². The van der Waals surface area contributed by atoms with E-state index in [-0.39, 0.29) is 5.91 Å². The molecule has 0 radical (unpaired) electrons. The van der Waals surface area contributed by atoms with Crippen LogP contribution in [0.3, 0.4) is 0 Å². The Kier molecular flexibility index (Phi) is 9.12. The Hall–Kier alpha value is -3.29. The first kappa shape index (κ1) is 24.0. The summed E-state index contributed by atoms with van der Waals surface area (Å²) in [6.45, 7) is 5.86. The first-order valence-electron chi connectivity index (χ1n) is 9.73. The van der Waals surface area contributed by atoms with Gasteiger partial charge in [0.2, 0.25) is 0 Å². The number of rotatable bonds is 9. The number of aromatic nitrogens is 1. The number of hydrogen-bond donors (Lipinski definition) is 2. The van der Waals surface area contributed by atoms with Crippen molar-refractivity contribution in [3.8, 4) is 0 Å². The maximum Gasteiger partial charge on any atom is 0.271 e. The van der Waals surface area contributed by atoms with E-state index < -0.39 is 0 Å². The lowest BCUT2D eigenvalue weighted by Crippen LogP contribution is -2.40. The average Bonchev–Trinajstić information content (AvgIpc) is 2.79. The lowest BCUT2D eigenvalue weighted by Gasteiger charge is -2.20.